The molecule has 0 saturated carbocycles. The summed E-state index contributed by atoms with van der Waals surface area (Å²) in [6.45, 7) is 1.75. The van der Waals surface area contributed by atoms with Crippen molar-refractivity contribution in [1.29, 1.82) is 0 Å². The molecule has 1 N–H and O–H groups in total. The van der Waals surface area contributed by atoms with E-state index in [2.05, 4.69) is 21.2 Å². The lowest BCUT2D eigenvalue weighted by Crippen LogP contribution is -2.12. The molecule has 23 heavy (non-hydrogen) atoms. The molecule has 0 aromatic heterocycles. The predicted molar refractivity (Wildman–Crippen MR) is 90.4 cm³/mol. The van der Waals surface area contributed by atoms with Crippen molar-refractivity contribution in [1.82, 2.24) is 5.32 Å². The van der Waals surface area contributed by atoms with Crippen molar-refractivity contribution >= 4 is 15.9 Å². The summed E-state index contributed by atoms with van der Waals surface area (Å²) < 4.78 is 22.3. The molecule has 0 radical (unpaired) electrons. The van der Waals surface area contributed by atoms with Gasteiger partial charge < -0.3 is 24.3 Å². The number of methoxy groups -OCH3 is 2. The average molecular weight is 380 g/mol. The Labute approximate surface area is 143 Å². The van der Waals surface area contributed by atoms with E-state index >= 15 is 0 Å². The normalized spacial score (nSPS) is 12.3. The molecule has 0 aliphatic carbocycles. The molecule has 5 nitrogen and oxygen atoms in total. The van der Waals surface area contributed by atoms with E-state index in [4.69, 9.17) is 18.9 Å². The summed E-state index contributed by atoms with van der Waals surface area (Å²) >= 11 is 3.51. The Bertz CT molecular complexity index is 705. The van der Waals surface area contributed by atoms with Gasteiger partial charge in [-0.25, -0.2) is 0 Å². The summed E-state index contributed by atoms with van der Waals surface area (Å²) in [7, 11) is 3.26. The van der Waals surface area contributed by atoms with E-state index in [9.17, 15) is 0 Å². The minimum atomic E-state index is 0.298. The highest BCUT2D eigenvalue weighted by Crippen LogP contribution is 2.36. The Balaban J connectivity index is 1.63. The highest BCUT2D eigenvalue weighted by Gasteiger charge is 2.13. The average Bonchev–Trinajstić information content (AvgIpc) is 3.02. The van der Waals surface area contributed by atoms with Crippen molar-refractivity contribution < 1.29 is 18.9 Å². The van der Waals surface area contributed by atoms with Gasteiger partial charge in [0.05, 0.1) is 18.7 Å². The maximum Gasteiger partial charge on any atom is 0.231 e. The van der Waals surface area contributed by atoms with Gasteiger partial charge >= 0.3 is 0 Å². The third kappa shape index (κ3) is 3.54. The summed E-state index contributed by atoms with van der Waals surface area (Å²) in [5.41, 5.74) is 2.25. The lowest BCUT2D eigenvalue weighted by molar-refractivity contribution is 0.174. The fourth-order valence-corrected chi connectivity index (χ4v) is 3.13. The van der Waals surface area contributed by atoms with Gasteiger partial charge in [-0.3, -0.25) is 0 Å². The molecule has 0 atom stereocenters. The van der Waals surface area contributed by atoms with Crippen LogP contribution in [0.1, 0.15) is 11.1 Å². The Hall–Kier alpha value is -1.92. The van der Waals surface area contributed by atoms with Crippen LogP contribution < -0.4 is 24.3 Å². The molecule has 2 aromatic rings. The summed E-state index contributed by atoms with van der Waals surface area (Å²) in [6, 6.07) is 9.96. The van der Waals surface area contributed by atoms with Crippen LogP contribution in [0.15, 0.2) is 34.8 Å². The van der Waals surface area contributed by atoms with Crippen molar-refractivity contribution in [3.8, 4) is 23.0 Å². The van der Waals surface area contributed by atoms with Crippen LogP contribution in [0.3, 0.4) is 0 Å². The summed E-state index contributed by atoms with van der Waals surface area (Å²) in [5.74, 6) is 3.02. The topological polar surface area (TPSA) is 49.0 Å². The molecule has 0 amide bonds. The number of rotatable bonds is 6. The zero-order chi connectivity index (χ0) is 16.2. The van der Waals surface area contributed by atoms with Crippen molar-refractivity contribution in [3.63, 3.8) is 0 Å². The van der Waals surface area contributed by atoms with Gasteiger partial charge in [0.1, 0.15) is 0 Å². The second-order valence-electron chi connectivity index (χ2n) is 5.10. The van der Waals surface area contributed by atoms with Crippen LogP contribution in [0.4, 0.5) is 0 Å². The van der Waals surface area contributed by atoms with E-state index in [1.165, 1.54) is 0 Å². The predicted octanol–water partition coefficient (Wildman–Crippen LogP) is 3.48. The maximum absolute atomic E-state index is 5.39. The number of nitrogens with one attached hydrogen (secondary N) is 1. The molecular formula is C17H18BrNO4. The molecule has 2 aromatic carbocycles. The Morgan fingerprint density at radius 3 is 2.57 bits per heavy atom. The molecule has 0 fully saturated rings. The molecule has 0 spiro atoms. The van der Waals surface area contributed by atoms with Crippen LogP contribution >= 0.6 is 15.9 Å². The largest absolute Gasteiger partial charge is 0.493 e. The minimum absolute atomic E-state index is 0.298. The third-order valence-corrected chi connectivity index (χ3v) is 4.18. The van der Waals surface area contributed by atoms with Gasteiger partial charge in [0, 0.05) is 13.1 Å². The molecule has 0 unspecified atom stereocenters. The van der Waals surface area contributed by atoms with E-state index in [0.29, 0.717) is 24.8 Å². The lowest BCUT2D eigenvalue weighted by atomic mass is 10.1. The zero-order valence-electron chi connectivity index (χ0n) is 13.0. The van der Waals surface area contributed by atoms with Gasteiger partial charge in [0.25, 0.3) is 0 Å². The number of hydrogen-bond acceptors (Lipinski definition) is 5. The van der Waals surface area contributed by atoms with E-state index in [0.717, 1.165) is 33.6 Å². The first-order valence-electron chi connectivity index (χ1n) is 7.21. The van der Waals surface area contributed by atoms with Crippen LogP contribution in [0.25, 0.3) is 0 Å². The van der Waals surface area contributed by atoms with Crippen LogP contribution in [-0.4, -0.2) is 21.0 Å². The standard InChI is InChI=1S/C17H18BrNO4/c1-20-16-7-12(5-13(18)17(16)21-2)9-19-8-11-3-4-14-15(6-11)23-10-22-14/h3-7,19H,8-10H2,1-2H3. The zero-order valence-corrected chi connectivity index (χ0v) is 14.6. The first-order chi connectivity index (χ1) is 11.2. The first-order valence-corrected chi connectivity index (χ1v) is 8.00. The van der Waals surface area contributed by atoms with Crippen LogP contribution in [0.2, 0.25) is 0 Å². The van der Waals surface area contributed by atoms with Gasteiger partial charge in [0.2, 0.25) is 6.79 Å². The minimum Gasteiger partial charge on any atom is -0.493 e. The van der Waals surface area contributed by atoms with Gasteiger partial charge in [-0.1, -0.05) is 6.07 Å². The van der Waals surface area contributed by atoms with Gasteiger partial charge in [-0.05, 0) is 51.3 Å². The highest BCUT2D eigenvalue weighted by atomic mass is 79.9. The van der Waals surface area contributed by atoms with E-state index < -0.39 is 0 Å². The number of halogens is 1. The fraction of sp³-hybridized carbons (Fsp3) is 0.294. The number of benzene rings is 2. The second-order valence-corrected chi connectivity index (χ2v) is 5.96. The van der Waals surface area contributed by atoms with Crippen molar-refractivity contribution in [2.75, 3.05) is 21.0 Å². The Kier molecular flexibility index (Phi) is 4.93. The van der Waals surface area contributed by atoms with Crippen LogP contribution in [0, 0.1) is 0 Å². The lowest BCUT2D eigenvalue weighted by Gasteiger charge is -2.12. The highest BCUT2D eigenvalue weighted by molar-refractivity contribution is 9.10. The van der Waals surface area contributed by atoms with Gasteiger partial charge in [-0.15, -0.1) is 0 Å². The molecule has 3 rings (SSSR count). The summed E-state index contributed by atoms with van der Waals surface area (Å²) in [5, 5.41) is 3.41. The van der Waals surface area contributed by atoms with Gasteiger partial charge in [-0.2, -0.15) is 0 Å². The maximum atomic E-state index is 5.39. The Morgan fingerprint density at radius 1 is 1.00 bits per heavy atom. The quantitative estimate of drug-likeness (QED) is 0.832. The number of ether oxygens (including phenoxy) is 4. The smallest absolute Gasteiger partial charge is 0.231 e. The monoisotopic (exact) mass is 379 g/mol. The fourth-order valence-electron chi connectivity index (χ4n) is 2.48. The number of hydrogen-bond donors (Lipinski definition) is 1. The third-order valence-electron chi connectivity index (χ3n) is 3.59. The summed E-state index contributed by atoms with van der Waals surface area (Å²) in [4.78, 5) is 0. The Morgan fingerprint density at radius 2 is 1.78 bits per heavy atom. The molecule has 1 aliphatic heterocycles. The second kappa shape index (κ2) is 7.10. The van der Waals surface area contributed by atoms with Crippen molar-refractivity contribution in [3.05, 3.63) is 45.9 Å². The van der Waals surface area contributed by atoms with E-state index in [1.807, 2.05) is 30.3 Å². The molecular weight excluding hydrogens is 362 g/mol. The van der Waals surface area contributed by atoms with Crippen LogP contribution in [0.5, 0.6) is 23.0 Å². The molecule has 1 heterocycles. The molecule has 122 valence electrons. The van der Waals surface area contributed by atoms with Crippen molar-refractivity contribution in [2.45, 2.75) is 13.1 Å². The van der Waals surface area contributed by atoms with Crippen molar-refractivity contribution in [2.24, 2.45) is 0 Å². The van der Waals surface area contributed by atoms with E-state index in [-0.39, 0.29) is 0 Å². The first kappa shape index (κ1) is 16.0. The van der Waals surface area contributed by atoms with Crippen LogP contribution in [-0.2, 0) is 13.1 Å². The SMILES string of the molecule is COc1cc(CNCc2ccc3c(c2)OCO3)cc(Br)c1OC. The van der Waals surface area contributed by atoms with E-state index in [1.54, 1.807) is 14.2 Å². The van der Waals surface area contributed by atoms with Gasteiger partial charge in [0.15, 0.2) is 23.0 Å². The molecule has 0 bridgehead atoms. The molecule has 1 aliphatic rings. The summed E-state index contributed by atoms with van der Waals surface area (Å²) in [6.07, 6.45) is 0. The molecule has 0 saturated heterocycles. The number of fused-ring (bicyclic) bond motifs is 1. The molecule has 6 heteroatoms.